The fraction of sp³-hybridized carbons (Fsp3) is 0.300. The Labute approximate surface area is 110 Å². The molecule has 0 aliphatic rings. The molecule has 0 bridgehead atoms. The molecule has 18 heavy (non-hydrogen) atoms. The number of methoxy groups -OCH3 is 2. The summed E-state index contributed by atoms with van der Waals surface area (Å²) in [4.78, 5) is 11.0. The van der Waals surface area contributed by atoms with E-state index in [1.54, 1.807) is 0 Å². The van der Waals surface area contributed by atoms with Crippen molar-refractivity contribution in [1.82, 2.24) is 0 Å². The molecule has 0 aliphatic heterocycles. The second kappa shape index (κ2) is 5.47. The normalized spacial score (nSPS) is 11.0. The van der Waals surface area contributed by atoms with Crippen LogP contribution < -0.4 is 13.4 Å². The van der Waals surface area contributed by atoms with E-state index in [-0.39, 0.29) is 17.2 Å². The fourth-order valence-electron chi connectivity index (χ4n) is 1.13. The minimum Gasteiger partial charge on any atom is -0.497 e. The van der Waals surface area contributed by atoms with Crippen LogP contribution in [-0.4, -0.2) is 26.3 Å². The quantitative estimate of drug-likeness (QED) is 0.801. The average molecular weight is 328 g/mol. The molecule has 8 heteroatoms. The monoisotopic (exact) mass is 327 g/mol. The van der Waals surface area contributed by atoms with Crippen molar-refractivity contribution >= 4 is 27.7 Å². The molecular formula is C10H9BrF3NO3. The van der Waals surface area contributed by atoms with Crippen molar-refractivity contribution in [3.05, 3.63) is 18.2 Å². The van der Waals surface area contributed by atoms with Gasteiger partial charge in [-0.15, -0.1) is 0 Å². The predicted molar refractivity (Wildman–Crippen MR) is 62.0 cm³/mol. The molecule has 1 rings (SSSR count). The molecule has 100 valence electrons. The molecule has 4 nitrogen and oxygen atoms in total. The molecule has 0 unspecified atom stereocenters. The summed E-state index contributed by atoms with van der Waals surface area (Å²) in [5, 5.41) is 0. The lowest BCUT2D eigenvalue weighted by Crippen LogP contribution is -2.34. The maximum atomic E-state index is 12.3. The Hall–Kier alpha value is -1.44. The van der Waals surface area contributed by atoms with Crippen LogP contribution in [0.15, 0.2) is 18.2 Å². The van der Waals surface area contributed by atoms with Crippen molar-refractivity contribution < 1.29 is 27.4 Å². The summed E-state index contributed by atoms with van der Waals surface area (Å²) in [7, 11) is 2.70. The predicted octanol–water partition coefficient (Wildman–Crippen LogP) is 2.91. The zero-order valence-corrected chi connectivity index (χ0v) is 11.0. The molecule has 1 aromatic carbocycles. The second-order valence-electron chi connectivity index (χ2n) is 3.15. The van der Waals surface area contributed by atoms with E-state index >= 15 is 0 Å². The SMILES string of the molecule is COc1cc(OC)cc(N(Br)C(=O)C(F)(F)F)c1. The van der Waals surface area contributed by atoms with Crippen LogP contribution in [0.25, 0.3) is 0 Å². The lowest BCUT2D eigenvalue weighted by Gasteiger charge is -2.17. The van der Waals surface area contributed by atoms with E-state index in [2.05, 4.69) is 16.1 Å². The molecule has 0 atom stereocenters. The minimum absolute atomic E-state index is 0.0477. The first-order valence-electron chi connectivity index (χ1n) is 4.59. The summed E-state index contributed by atoms with van der Waals surface area (Å²) in [5.41, 5.74) is -0.0477. The van der Waals surface area contributed by atoms with Crippen molar-refractivity contribution in [1.29, 1.82) is 0 Å². The molecule has 0 aliphatic carbocycles. The summed E-state index contributed by atoms with van der Waals surface area (Å²) < 4.78 is 46.9. The Balaban J connectivity index is 3.12. The van der Waals surface area contributed by atoms with Crippen molar-refractivity contribution in [2.24, 2.45) is 0 Å². The smallest absolute Gasteiger partial charge is 0.472 e. The van der Waals surface area contributed by atoms with Crippen LogP contribution in [0, 0.1) is 0 Å². The third-order valence-corrected chi connectivity index (χ3v) is 2.72. The third-order valence-electron chi connectivity index (χ3n) is 1.98. The number of anilines is 1. The van der Waals surface area contributed by atoms with Gasteiger partial charge in [-0.25, -0.2) is 3.93 Å². The first kappa shape index (κ1) is 14.6. The lowest BCUT2D eigenvalue weighted by atomic mass is 10.2. The molecular weight excluding hydrogens is 319 g/mol. The van der Waals surface area contributed by atoms with E-state index in [0.717, 1.165) is 0 Å². The summed E-state index contributed by atoms with van der Waals surface area (Å²) in [6, 6.07) is 4.00. The van der Waals surface area contributed by atoms with Crippen molar-refractivity contribution in [3.8, 4) is 11.5 Å². The van der Waals surface area contributed by atoms with Gasteiger partial charge in [0, 0.05) is 18.2 Å². The van der Waals surface area contributed by atoms with Crippen LogP contribution in [0.3, 0.4) is 0 Å². The Morgan fingerprint density at radius 3 is 1.94 bits per heavy atom. The van der Waals surface area contributed by atoms with Gasteiger partial charge < -0.3 is 9.47 Å². The van der Waals surface area contributed by atoms with E-state index in [1.165, 1.54) is 32.4 Å². The summed E-state index contributed by atoms with van der Waals surface area (Å²) in [6.07, 6.45) is -4.97. The highest BCUT2D eigenvalue weighted by molar-refractivity contribution is 9.10. The van der Waals surface area contributed by atoms with E-state index in [4.69, 9.17) is 9.47 Å². The number of carbonyl (C=O) groups excluding carboxylic acids is 1. The maximum absolute atomic E-state index is 12.3. The van der Waals surface area contributed by atoms with Crippen molar-refractivity contribution in [3.63, 3.8) is 0 Å². The number of nitrogens with zero attached hydrogens (tertiary/aromatic N) is 1. The van der Waals surface area contributed by atoms with Gasteiger partial charge >= 0.3 is 12.1 Å². The number of hydrogen-bond donors (Lipinski definition) is 0. The van der Waals surface area contributed by atoms with Crippen LogP contribution in [0.5, 0.6) is 11.5 Å². The van der Waals surface area contributed by atoms with E-state index in [9.17, 15) is 18.0 Å². The molecule has 0 radical (unpaired) electrons. The average Bonchev–Trinajstić information content (AvgIpc) is 2.35. The molecule has 0 N–H and O–H groups in total. The molecule has 0 saturated carbocycles. The third kappa shape index (κ3) is 3.28. The summed E-state index contributed by atoms with van der Waals surface area (Å²) in [5.74, 6) is -1.51. The number of rotatable bonds is 3. The van der Waals surface area contributed by atoms with Gasteiger partial charge in [0.2, 0.25) is 0 Å². The van der Waals surface area contributed by atoms with E-state index < -0.39 is 12.1 Å². The van der Waals surface area contributed by atoms with Gasteiger partial charge in [-0.1, -0.05) is 0 Å². The number of amides is 1. The standard InChI is InChI=1S/C10H9BrF3NO3/c1-17-7-3-6(4-8(5-7)18-2)15(11)9(16)10(12,13)14/h3-5H,1-2H3. The largest absolute Gasteiger partial charge is 0.497 e. The number of hydrogen-bond acceptors (Lipinski definition) is 3. The Bertz CT molecular complexity index is 428. The Kier molecular flexibility index (Phi) is 4.44. The maximum Gasteiger partial charge on any atom is 0.472 e. The van der Waals surface area contributed by atoms with Crippen LogP contribution in [0.4, 0.5) is 18.9 Å². The second-order valence-corrected chi connectivity index (χ2v) is 3.86. The molecule has 0 fully saturated rings. The van der Waals surface area contributed by atoms with Gasteiger partial charge in [-0.05, 0) is 0 Å². The van der Waals surface area contributed by atoms with Gasteiger partial charge in [0.15, 0.2) is 0 Å². The lowest BCUT2D eigenvalue weighted by molar-refractivity contribution is -0.168. The Morgan fingerprint density at radius 2 is 1.61 bits per heavy atom. The first-order valence-corrected chi connectivity index (χ1v) is 5.30. The Morgan fingerprint density at radius 1 is 1.17 bits per heavy atom. The van der Waals surface area contributed by atoms with Gasteiger partial charge in [0.25, 0.3) is 0 Å². The topological polar surface area (TPSA) is 38.8 Å². The number of alkyl halides is 3. The highest BCUT2D eigenvalue weighted by Gasteiger charge is 2.42. The molecule has 0 heterocycles. The van der Waals surface area contributed by atoms with Gasteiger partial charge in [0.1, 0.15) is 11.5 Å². The van der Waals surface area contributed by atoms with Gasteiger partial charge in [-0.3, -0.25) is 4.79 Å². The number of carbonyl (C=O) groups is 1. The van der Waals surface area contributed by atoms with Gasteiger partial charge in [0.05, 0.1) is 36.1 Å². The number of ether oxygens (including phenoxy) is 2. The number of halogens is 4. The molecule has 0 spiro atoms. The van der Waals surface area contributed by atoms with Gasteiger partial charge in [-0.2, -0.15) is 13.2 Å². The van der Waals surface area contributed by atoms with Crippen LogP contribution in [0.2, 0.25) is 0 Å². The summed E-state index contributed by atoms with van der Waals surface area (Å²) in [6.45, 7) is 0. The molecule has 1 aromatic rings. The highest BCUT2D eigenvalue weighted by atomic mass is 79.9. The molecule has 0 aromatic heterocycles. The van der Waals surface area contributed by atoms with Crippen molar-refractivity contribution in [2.45, 2.75) is 6.18 Å². The first-order chi connectivity index (χ1) is 8.29. The van der Waals surface area contributed by atoms with Crippen LogP contribution in [-0.2, 0) is 4.79 Å². The molecule has 0 saturated heterocycles. The molecule has 1 amide bonds. The number of benzene rings is 1. The van der Waals surface area contributed by atoms with Crippen molar-refractivity contribution in [2.75, 3.05) is 18.1 Å². The zero-order valence-electron chi connectivity index (χ0n) is 9.42. The summed E-state index contributed by atoms with van der Waals surface area (Å²) >= 11 is 2.57. The minimum atomic E-state index is -4.97. The van der Waals surface area contributed by atoms with Crippen LogP contribution >= 0.6 is 16.1 Å². The van der Waals surface area contributed by atoms with Crippen LogP contribution in [0.1, 0.15) is 0 Å². The van der Waals surface area contributed by atoms with E-state index in [0.29, 0.717) is 3.93 Å². The van der Waals surface area contributed by atoms with E-state index in [1.807, 2.05) is 0 Å². The highest BCUT2D eigenvalue weighted by Crippen LogP contribution is 2.32. The zero-order chi connectivity index (χ0) is 13.9. The fourth-order valence-corrected chi connectivity index (χ4v) is 1.54.